The highest BCUT2D eigenvalue weighted by molar-refractivity contribution is 7.99. The van der Waals surface area contributed by atoms with Crippen LogP contribution in [0, 0.1) is 6.92 Å². The van der Waals surface area contributed by atoms with E-state index >= 15 is 0 Å². The Kier molecular flexibility index (Phi) is 7.26. The topological polar surface area (TPSA) is 86.1 Å². The van der Waals surface area contributed by atoms with Crippen LogP contribution >= 0.6 is 23.1 Å². The molecule has 0 fully saturated rings. The van der Waals surface area contributed by atoms with E-state index in [0.29, 0.717) is 22.3 Å². The Morgan fingerprint density at radius 1 is 1.16 bits per heavy atom. The van der Waals surface area contributed by atoms with Crippen LogP contribution in [0.5, 0.6) is 0 Å². The van der Waals surface area contributed by atoms with Crippen molar-refractivity contribution < 1.29 is 14.3 Å². The van der Waals surface area contributed by atoms with Crippen LogP contribution in [0.1, 0.15) is 52.8 Å². The molecule has 32 heavy (non-hydrogen) atoms. The van der Waals surface area contributed by atoms with Gasteiger partial charge in [0.15, 0.2) is 5.16 Å². The van der Waals surface area contributed by atoms with Crippen molar-refractivity contribution in [1.82, 2.24) is 14.8 Å². The number of anilines is 1. The first-order valence-corrected chi connectivity index (χ1v) is 12.6. The summed E-state index contributed by atoms with van der Waals surface area (Å²) in [6.07, 6.45) is 5.10. The molecule has 2 aromatic heterocycles. The molecule has 9 heteroatoms. The molecular weight excluding hydrogens is 444 g/mol. The number of benzene rings is 1. The largest absolute Gasteiger partial charge is 0.462 e. The monoisotopic (exact) mass is 470 g/mol. The molecule has 1 aliphatic rings. The summed E-state index contributed by atoms with van der Waals surface area (Å²) in [6, 6.07) is 9.81. The van der Waals surface area contributed by atoms with Crippen molar-refractivity contribution in [2.75, 3.05) is 17.7 Å². The molecule has 1 aromatic carbocycles. The number of nitrogens with zero attached hydrogens (tertiary/aromatic N) is 3. The maximum atomic E-state index is 12.8. The first-order chi connectivity index (χ1) is 15.6. The van der Waals surface area contributed by atoms with Crippen LogP contribution in [0.15, 0.2) is 35.5 Å². The summed E-state index contributed by atoms with van der Waals surface area (Å²) >= 11 is 2.83. The fourth-order valence-corrected chi connectivity index (χ4v) is 5.94. The number of thiophene rings is 1. The minimum Gasteiger partial charge on any atom is -0.462 e. The van der Waals surface area contributed by atoms with Gasteiger partial charge in [0, 0.05) is 10.6 Å². The SMILES string of the molecule is CCOC(=O)c1c(NC(=O)CSc2nnc(C)n2-c2ccccc2)sc2c1CCCCC2. The molecule has 0 radical (unpaired) electrons. The number of hydrogen-bond acceptors (Lipinski definition) is 7. The highest BCUT2D eigenvalue weighted by Gasteiger charge is 2.26. The lowest BCUT2D eigenvalue weighted by Gasteiger charge is -2.09. The van der Waals surface area contributed by atoms with E-state index in [0.717, 1.165) is 49.2 Å². The summed E-state index contributed by atoms with van der Waals surface area (Å²) in [5.74, 6) is 0.382. The zero-order valence-electron chi connectivity index (χ0n) is 18.2. The Morgan fingerprint density at radius 3 is 2.72 bits per heavy atom. The molecule has 0 bridgehead atoms. The second-order valence-corrected chi connectivity index (χ2v) is 9.57. The maximum absolute atomic E-state index is 12.8. The predicted octanol–water partition coefficient (Wildman–Crippen LogP) is 4.81. The molecule has 1 aliphatic carbocycles. The summed E-state index contributed by atoms with van der Waals surface area (Å²) in [4.78, 5) is 26.7. The molecule has 7 nitrogen and oxygen atoms in total. The van der Waals surface area contributed by atoms with E-state index in [2.05, 4.69) is 15.5 Å². The number of thioether (sulfide) groups is 1. The molecule has 168 valence electrons. The number of rotatable bonds is 7. The molecular formula is C23H26N4O3S2. The average molecular weight is 471 g/mol. The maximum Gasteiger partial charge on any atom is 0.341 e. The Hall–Kier alpha value is -2.65. The van der Waals surface area contributed by atoms with Gasteiger partial charge in [0.1, 0.15) is 10.8 Å². The molecule has 1 amide bonds. The van der Waals surface area contributed by atoms with Gasteiger partial charge in [0.25, 0.3) is 0 Å². The van der Waals surface area contributed by atoms with Gasteiger partial charge in [-0.25, -0.2) is 4.79 Å². The molecule has 0 saturated carbocycles. The Labute approximate surface area is 195 Å². The van der Waals surface area contributed by atoms with Gasteiger partial charge >= 0.3 is 5.97 Å². The third-order valence-electron chi connectivity index (χ3n) is 5.30. The predicted molar refractivity (Wildman–Crippen MR) is 127 cm³/mol. The summed E-state index contributed by atoms with van der Waals surface area (Å²) in [6.45, 7) is 3.98. The molecule has 3 aromatic rings. The second-order valence-electron chi connectivity index (χ2n) is 7.53. The van der Waals surface area contributed by atoms with Crippen LogP contribution in [0.2, 0.25) is 0 Å². The smallest absolute Gasteiger partial charge is 0.341 e. The number of nitrogens with one attached hydrogen (secondary N) is 1. The molecule has 0 spiro atoms. The number of hydrogen-bond donors (Lipinski definition) is 1. The molecule has 0 saturated heterocycles. The van der Waals surface area contributed by atoms with Crippen LogP contribution in [0.3, 0.4) is 0 Å². The zero-order chi connectivity index (χ0) is 22.5. The van der Waals surface area contributed by atoms with Gasteiger partial charge in [0.05, 0.1) is 17.9 Å². The van der Waals surface area contributed by atoms with E-state index in [1.165, 1.54) is 28.0 Å². The van der Waals surface area contributed by atoms with Crippen molar-refractivity contribution in [1.29, 1.82) is 0 Å². The van der Waals surface area contributed by atoms with Crippen LogP contribution in [-0.4, -0.2) is 39.0 Å². The number of esters is 1. The van der Waals surface area contributed by atoms with Crippen LogP contribution in [0.4, 0.5) is 5.00 Å². The van der Waals surface area contributed by atoms with Crippen molar-refractivity contribution in [3.05, 3.63) is 52.2 Å². The van der Waals surface area contributed by atoms with E-state index in [1.54, 1.807) is 6.92 Å². The Bertz CT molecular complexity index is 1110. The fourth-order valence-electron chi connectivity index (χ4n) is 3.85. The van der Waals surface area contributed by atoms with Crippen molar-refractivity contribution in [3.8, 4) is 5.69 Å². The average Bonchev–Trinajstić information content (AvgIpc) is 3.23. The molecule has 1 N–H and O–H groups in total. The van der Waals surface area contributed by atoms with Crippen molar-refractivity contribution >= 4 is 40.0 Å². The highest BCUT2D eigenvalue weighted by atomic mass is 32.2. The number of carbonyl (C=O) groups excluding carboxylic acids is 2. The lowest BCUT2D eigenvalue weighted by molar-refractivity contribution is -0.113. The van der Waals surface area contributed by atoms with Crippen LogP contribution in [0.25, 0.3) is 5.69 Å². The Morgan fingerprint density at radius 2 is 1.94 bits per heavy atom. The summed E-state index contributed by atoms with van der Waals surface area (Å²) < 4.78 is 7.23. The van der Waals surface area contributed by atoms with Gasteiger partial charge in [-0.05, 0) is 57.2 Å². The van der Waals surface area contributed by atoms with E-state index in [-0.39, 0.29) is 17.6 Å². The molecule has 0 aliphatic heterocycles. The van der Waals surface area contributed by atoms with E-state index in [1.807, 2.05) is 41.8 Å². The molecule has 2 heterocycles. The third-order valence-corrected chi connectivity index (χ3v) is 7.43. The second kappa shape index (κ2) is 10.3. The number of aromatic nitrogens is 3. The lowest BCUT2D eigenvalue weighted by Crippen LogP contribution is -2.17. The number of fused-ring (bicyclic) bond motifs is 1. The van der Waals surface area contributed by atoms with Gasteiger partial charge in [-0.1, -0.05) is 36.4 Å². The van der Waals surface area contributed by atoms with Gasteiger partial charge in [-0.15, -0.1) is 21.5 Å². The van der Waals surface area contributed by atoms with Gasteiger partial charge in [-0.3, -0.25) is 9.36 Å². The van der Waals surface area contributed by atoms with Gasteiger partial charge in [-0.2, -0.15) is 0 Å². The van der Waals surface area contributed by atoms with E-state index < -0.39 is 0 Å². The first kappa shape index (κ1) is 22.5. The van der Waals surface area contributed by atoms with Crippen LogP contribution in [-0.2, 0) is 22.4 Å². The van der Waals surface area contributed by atoms with Crippen molar-refractivity contribution in [2.24, 2.45) is 0 Å². The highest BCUT2D eigenvalue weighted by Crippen LogP contribution is 2.38. The Balaban J connectivity index is 1.50. The standard InChI is InChI=1S/C23H26N4O3S2/c1-3-30-22(29)20-17-12-8-5-9-13-18(17)32-21(20)24-19(28)14-31-23-26-25-15(2)27(23)16-10-6-4-7-11-16/h4,6-7,10-11H,3,5,8-9,12-14H2,1-2H3,(H,24,28). The molecule has 0 atom stereocenters. The van der Waals surface area contributed by atoms with E-state index in [4.69, 9.17) is 4.74 Å². The molecule has 0 unspecified atom stereocenters. The zero-order valence-corrected chi connectivity index (χ0v) is 19.9. The summed E-state index contributed by atoms with van der Waals surface area (Å²) in [7, 11) is 0. The summed E-state index contributed by atoms with van der Waals surface area (Å²) in [5.41, 5.74) is 2.54. The minimum absolute atomic E-state index is 0.162. The summed E-state index contributed by atoms with van der Waals surface area (Å²) in [5, 5.41) is 12.6. The fraction of sp³-hybridized carbons (Fsp3) is 0.391. The molecule has 4 rings (SSSR count). The lowest BCUT2D eigenvalue weighted by atomic mass is 10.1. The van der Waals surface area contributed by atoms with Gasteiger partial charge in [0.2, 0.25) is 5.91 Å². The quantitative estimate of drug-likeness (QED) is 0.303. The number of para-hydroxylation sites is 1. The number of amides is 1. The normalized spacial score (nSPS) is 13.3. The number of carbonyl (C=O) groups is 2. The van der Waals surface area contributed by atoms with Gasteiger partial charge < -0.3 is 10.1 Å². The van der Waals surface area contributed by atoms with Crippen LogP contribution < -0.4 is 5.32 Å². The first-order valence-electron chi connectivity index (χ1n) is 10.8. The number of ether oxygens (including phenoxy) is 1. The minimum atomic E-state index is -0.353. The van der Waals surface area contributed by atoms with Crippen molar-refractivity contribution in [2.45, 2.75) is 51.1 Å². The van der Waals surface area contributed by atoms with Crippen molar-refractivity contribution in [3.63, 3.8) is 0 Å². The van der Waals surface area contributed by atoms with E-state index in [9.17, 15) is 9.59 Å². The third kappa shape index (κ3) is 4.88. The number of aryl methyl sites for hydroxylation is 2.